The van der Waals surface area contributed by atoms with Crippen LogP contribution in [-0.2, 0) is 42.1 Å². The second-order valence-electron chi connectivity index (χ2n) is 16.3. The van der Waals surface area contributed by atoms with Gasteiger partial charge in [0.05, 0.1) is 35.8 Å². The number of carbonyl (C=O) groups excluding carboxylic acids is 4. The van der Waals surface area contributed by atoms with Gasteiger partial charge in [0.1, 0.15) is 41.3 Å². The number of methoxy groups -OCH3 is 1. The van der Waals surface area contributed by atoms with Crippen LogP contribution < -0.4 is 24.8 Å². The standard InChI is InChI=1S/C41H50N6O9S/c1-5-24-21-41(24,39(50)45-57(52,53)28-13-14-28)44-37(48)33-20-27(22-47(33)38(49)34(23(2)3)43-40(51)56-25-9-6-7-10-25)55-36-29-15-12-26(54-4)19-31(29)42-35-30(36)16-18-46-17-8-11-32(35)46/h5,8,11-12,15,17,19,23-25,27-28,33-34H,1,6-7,9-10,13-14,16,18,20-22H2,2-4H3,(H,43,51)(H,44,48)(H,45,50)/t24?,27-,33+,34+,41?/m1/s1. The van der Waals surface area contributed by atoms with Gasteiger partial charge in [-0.3, -0.25) is 19.1 Å². The number of aryl methyl sites for hydroxylation is 1. The number of alkyl carbamates (subject to hydrolysis) is 1. The summed E-state index contributed by atoms with van der Waals surface area (Å²) in [6.45, 7) is 8.11. The highest BCUT2D eigenvalue weighted by Gasteiger charge is 2.62. The lowest BCUT2D eigenvalue weighted by molar-refractivity contribution is -0.141. The fourth-order valence-electron chi connectivity index (χ4n) is 8.59. The van der Waals surface area contributed by atoms with Crippen molar-refractivity contribution in [3.63, 3.8) is 0 Å². The number of fused-ring (bicyclic) bond motifs is 4. The zero-order valence-corrected chi connectivity index (χ0v) is 33.3. The highest BCUT2D eigenvalue weighted by molar-refractivity contribution is 7.91. The highest BCUT2D eigenvalue weighted by atomic mass is 32.2. The third kappa shape index (κ3) is 7.43. The first-order valence-corrected chi connectivity index (χ1v) is 21.5. The van der Waals surface area contributed by atoms with Gasteiger partial charge in [0.2, 0.25) is 21.8 Å². The van der Waals surface area contributed by atoms with Crippen molar-refractivity contribution >= 4 is 44.7 Å². The average Bonchev–Trinajstić information content (AvgIpc) is 3.96. The SMILES string of the molecule is C=CC1CC1(NC(=O)[C@@H]1C[C@@H](Oc2c3c(nc4cc(OC)ccc24)-c2cccn2CC3)CN1C(=O)[C@@H](NC(=O)OC1CCCC1)C(C)C)C(=O)NS(=O)(=O)C1CC1. The molecule has 3 aliphatic carbocycles. The maximum Gasteiger partial charge on any atom is 0.408 e. The third-order valence-electron chi connectivity index (χ3n) is 12.1. The molecule has 2 aromatic heterocycles. The number of sulfonamides is 1. The van der Waals surface area contributed by atoms with E-state index in [1.54, 1.807) is 21.0 Å². The molecule has 16 heteroatoms. The van der Waals surface area contributed by atoms with Crippen molar-refractivity contribution in [1.29, 1.82) is 0 Å². The van der Waals surface area contributed by atoms with E-state index < -0.39 is 68.7 Å². The number of carbonyl (C=O) groups is 4. The molecule has 4 fully saturated rings. The summed E-state index contributed by atoms with van der Waals surface area (Å²) in [6, 6.07) is 7.37. The molecule has 4 amide bonds. The molecular formula is C41H50N6O9S. The number of amides is 4. The Hall–Kier alpha value is -5.12. The molecule has 5 aliphatic rings. The van der Waals surface area contributed by atoms with E-state index in [-0.39, 0.29) is 31.4 Å². The smallest absolute Gasteiger partial charge is 0.408 e. The molecule has 0 radical (unpaired) electrons. The number of nitrogens with one attached hydrogen (secondary N) is 3. The number of rotatable bonds is 13. The van der Waals surface area contributed by atoms with E-state index in [1.165, 1.54) is 11.0 Å². The van der Waals surface area contributed by atoms with Gasteiger partial charge < -0.3 is 34.3 Å². The quantitative estimate of drug-likeness (QED) is 0.214. The van der Waals surface area contributed by atoms with Crippen LogP contribution in [0.25, 0.3) is 22.3 Å². The van der Waals surface area contributed by atoms with Crippen LogP contribution in [-0.4, -0.2) is 95.4 Å². The van der Waals surface area contributed by atoms with Gasteiger partial charge >= 0.3 is 6.09 Å². The third-order valence-corrected chi connectivity index (χ3v) is 13.9. The summed E-state index contributed by atoms with van der Waals surface area (Å²) in [7, 11) is -2.32. The molecule has 3 saturated carbocycles. The van der Waals surface area contributed by atoms with Crippen molar-refractivity contribution < 1.29 is 41.8 Å². The van der Waals surface area contributed by atoms with E-state index in [0.717, 1.165) is 48.0 Å². The van der Waals surface area contributed by atoms with Gasteiger partial charge in [-0.25, -0.2) is 18.2 Å². The van der Waals surface area contributed by atoms with E-state index in [1.807, 2.05) is 36.5 Å². The summed E-state index contributed by atoms with van der Waals surface area (Å²) in [5, 5.41) is 5.72. The lowest BCUT2D eigenvalue weighted by Crippen LogP contribution is -2.59. The monoisotopic (exact) mass is 802 g/mol. The van der Waals surface area contributed by atoms with Crippen LogP contribution in [0, 0.1) is 11.8 Å². The van der Waals surface area contributed by atoms with Crippen molar-refractivity contribution in [3.05, 3.63) is 54.7 Å². The summed E-state index contributed by atoms with van der Waals surface area (Å²) >= 11 is 0. The number of ether oxygens (including phenoxy) is 3. The molecule has 8 rings (SSSR count). The Kier molecular flexibility index (Phi) is 10.2. The summed E-state index contributed by atoms with van der Waals surface area (Å²) in [5.74, 6) is -1.65. The largest absolute Gasteiger partial charge is 0.497 e. The van der Waals surface area contributed by atoms with Crippen molar-refractivity contribution in [3.8, 4) is 22.9 Å². The number of aromatic nitrogens is 2. The molecule has 0 bridgehead atoms. The van der Waals surface area contributed by atoms with Crippen LogP contribution >= 0.6 is 0 Å². The van der Waals surface area contributed by atoms with Crippen LogP contribution in [0.3, 0.4) is 0 Å². The normalized spacial score (nSPS) is 24.6. The maximum absolute atomic E-state index is 14.6. The van der Waals surface area contributed by atoms with E-state index in [2.05, 4.69) is 26.5 Å². The van der Waals surface area contributed by atoms with Gasteiger partial charge in [-0.15, -0.1) is 6.58 Å². The number of pyridine rings is 1. The molecule has 304 valence electrons. The van der Waals surface area contributed by atoms with Crippen molar-refractivity contribution in [1.82, 2.24) is 29.8 Å². The first-order chi connectivity index (χ1) is 27.3. The van der Waals surface area contributed by atoms with Crippen LogP contribution in [0.5, 0.6) is 11.5 Å². The van der Waals surface area contributed by atoms with Gasteiger partial charge in [-0.05, 0) is 81.5 Å². The van der Waals surface area contributed by atoms with E-state index in [4.69, 9.17) is 19.2 Å². The lowest BCUT2D eigenvalue weighted by atomic mass is 9.99. The predicted molar refractivity (Wildman–Crippen MR) is 210 cm³/mol. The van der Waals surface area contributed by atoms with E-state index >= 15 is 0 Å². The lowest BCUT2D eigenvalue weighted by Gasteiger charge is -2.31. The Morgan fingerprint density at radius 3 is 2.53 bits per heavy atom. The highest BCUT2D eigenvalue weighted by Crippen LogP contribution is 2.46. The summed E-state index contributed by atoms with van der Waals surface area (Å²) in [6.07, 6.45) is 7.12. The molecule has 5 atom stereocenters. The van der Waals surface area contributed by atoms with Gasteiger partial charge in [0.15, 0.2) is 0 Å². The Morgan fingerprint density at radius 2 is 1.84 bits per heavy atom. The van der Waals surface area contributed by atoms with Crippen molar-refractivity contribution in [2.75, 3.05) is 13.7 Å². The molecule has 15 nitrogen and oxygen atoms in total. The predicted octanol–water partition coefficient (Wildman–Crippen LogP) is 3.98. The molecule has 2 aliphatic heterocycles. The molecule has 0 spiro atoms. The van der Waals surface area contributed by atoms with Crippen molar-refractivity contribution in [2.24, 2.45) is 11.8 Å². The molecule has 3 N–H and O–H groups in total. The summed E-state index contributed by atoms with van der Waals surface area (Å²) in [5.41, 5.74) is 1.71. The second kappa shape index (κ2) is 15.0. The van der Waals surface area contributed by atoms with E-state index in [9.17, 15) is 27.6 Å². The topological polar surface area (TPSA) is 187 Å². The van der Waals surface area contributed by atoms with Crippen molar-refractivity contribution in [2.45, 2.75) is 113 Å². The van der Waals surface area contributed by atoms with Crippen LogP contribution in [0.1, 0.15) is 70.8 Å². The summed E-state index contributed by atoms with van der Waals surface area (Å²) in [4.78, 5) is 62.3. The fraction of sp³-hybridized carbons (Fsp3) is 0.537. The Labute approximate surface area is 331 Å². The number of likely N-dealkylation sites (tertiary alicyclic amines) is 1. The molecule has 2 unspecified atom stereocenters. The van der Waals surface area contributed by atoms with Crippen LogP contribution in [0.15, 0.2) is 49.2 Å². The molecule has 3 aromatic rings. The van der Waals surface area contributed by atoms with Gasteiger partial charge in [-0.2, -0.15) is 0 Å². The number of hydrogen-bond donors (Lipinski definition) is 3. The minimum atomic E-state index is -3.91. The average molecular weight is 803 g/mol. The molecule has 1 aromatic carbocycles. The second-order valence-corrected chi connectivity index (χ2v) is 18.3. The minimum absolute atomic E-state index is 0.00917. The first kappa shape index (κ1) is 38.7. The molecular weight excluding hydrogens is 753 g/mol. The maximum atomic E-state index is 14.6. The van der Waals surface area contributed by atoms with Gasteiger partial charge in [0, 0.05) is 42.1 Å². The number of nitrogens with zero attached hydrogens (tertiary/aromatic N) is 3. The van der Waals surface area contributed by atoms with Crippen LogP contribution in [0.2, 0.25) is 0 Å². The zero-order valence-electron chi connectivity index (χ0n) is 32.5. The Balaban J connectivity index is 1.11. The molecule has 57 heavy (non-hydrogen) atoms. The van der Waals surface area contributed by atoms with E-state index in [0.29, 0.717) is 42.8 Å². The molecule has 4 heterocycles. The molecule has 1 saturated heterocycles. The number of hydrogen-bond acceptors (Lipinski definition) is 10. The zero-order chi connectivity index (χ0) is 40.2. The first-order valence-electron chi connectivity index (χ1n) is 19.9. The minimum Gasteiger partial charge on any atom is -0.497 e. The van der Waals surface area contributed by atoms with Gasteiger partial charge in [0.25, 0.3) is 5.91 Å². The Morgan fingerprint density at radius 1 is 1.07 bits per heavy atom. The fourth-order valence-corrected chi connectivity index (χ4v) is 9.95. The number of benzene rings is 1. The summed E-state index contributed by atoms with van der Waals surface area (Å²) < 4.78 is 48.0. The Bertz CT molecular complexity index is 2230. The van der Waals surface area contributed by atoms with Gasteiger partial charge in [-0.1, -0.05) is 19.9 Å². The van der Waals surface area contributed by atoms with Crippen LogP contribution in [0.4, 0.5) is 4.79 Å².